The average molecular weight is 318 g/mol. The lowest BCUT2D eigenvalue weighted by Crippen LogP contribution is -2.62. The third-order valence-electron chi connectivity index (χ3n) is 4.09. The lowest BCUT2D eigenvalue weighted by atomic mass is 10.0. The SMILES string of the molecule is CCNC(=O)C1CNCCN1S(=O)(=O)N1CCCC(C)C1. The fraction of sp³-hybridized carbons (Fsp3) is 0.923. The number of piperazine rings is 1. The molecule has 2 fully saturated rings. The topological polar surface area (TPSA) is 81.8 Å². The number of nitrogens with zero attached hydrogens (tertiary/aromatic N) is 2. The van der Waals surface area contributed by atoms with Crippen molar-refractivity contribution in [3.63, 3.8) is 0 Å². The first-order valence-electron chi connectivity index (χ1n) is 7.72. The van der Waals surface area contributed by atoms with Crippen molar-refractivity contribution in [1.82, 2.24) is 19.2 Å². The van der Waals surface area contributed by atoms with E-state index in [0.717, 1.165) is 12.8 Å². The highest BCUT2D eigenvalue weighted by Crippen LogP contribution is 2.22. The normalized spacial score (nSPS) is 29.2. The first kappa shape index (κ1) is 16.7. The lowest BCUT2D eigenvalue weighted by Gasteiger charge is -2.39. The van der Waals surface area contributed by atoms with Gasteiger partial charge in [-0.2, -0.15) is 17.0 Å². The molecule has 0 aliphatic carbocycles. The number of nitrogens with one attached hydrogen (secondary N) is 2. The van der Waals surface area contributed by atoms with Gasteiger partial charge in [-0.25, -0.2) is 0 Å². The van der Waals surface area contributed by atoms with Gasteiger partial charge in [-0.15, -0.1) is 0 Å². The number of rotatable bonds is 4. The van der Waals surface area contributed by atoms with E-state index in [1.165, 1.54) is 4.31 Å². The van der Waals surface area contributed by atoms with Crippen LogP contribution in [0.1, 0.15) is 26.7 Å². The van der Waals surface area contributed by atoms with Crippen LogP contribution >= 0.6 is 0 Å². The van der Waals surface area contributed by atoms with Gasteiger partial charge in [-0.3, -0.25) is 4.79 Å². The summed E-state index contributed by atoms with van der Waals surface area (Å²) >= 11 is 0. The zero-order valence-electron chi connectivity index (χ0n) is 12.8. The van der Waals surface area contributed by atoms with E-state index >= 15 is 0 Å². The molecule has 0 aromatic rings. The molecule has 8 heteroatoms. The Kier molecular flexibility index (Phi) is 5.59. The molecule has 1 amide bonds. The molecule has 0 saturated carbocycles. The van der Waals surface area contributed by atoms with Gasteiger partial charge in [0.1, 0.15) is 6.04 Å². The fourth-order valence-corrected chi connectivity index (χ4v) is 4.89. The Morgan fingerprint density at radius 3 is 2.81 bits per heavy atom. The second-order valence-electron chi connectivity index (χ2n) is 5.84. The number of amides is 1. The summed E-state index contributed by atoms with van der Waals surface area (Å²) in [7, 11) is -3.56. The van der Waals surface area contributed by atoms with Gasteiger partial charge in [0.15, 0.2) is 0 Å². The van der Waals surface area contributed by atoms with Crippen LogP contribution in [0.4, 0.5) is 0 Å². The zero-order chi connectivity index (χ0) is 15.5. The third kappa shape index (κ3) is 3.74. The predicted molar refractivity (Wildman–Crippen MR) is 80.9 cm³/mol. The van der Waals surface area contributed by atoms with E-state index in [4.69, 9.17) is 0 Å². The van der Waals surface area contributed by atoms with Gasteiger partial charge < -0.3 is 10.6 Å². The van der Waals surface area contributed by atoms with Gasteiger partial charge in [0.05, 0.1) is 0 Å². The molecule has 2 atom stereocenters. The van der Waals surface area contributed by atoms with E-state index in [1.54, 1.807) is 4.31 Å². The van der Waals surface area contributed by atoms with Gasteiger partial charge in [0, 0.05) is 39.3 Å². The summed E-state index contributed by atoms with van der Waals surface area (Å²) in [4.78, 5) is 12.1. The summed E-state index contributed by atoms with van der Waals surface area (Å²) < 4.78 is 28.6. The number of carbonyl (C=O) groups excluding carboxylic acids is 1. The van der Waals surface area contributed by atoms with Crippen LogP contribution in [0.5, 0.6) is 0 Å². The number of carbonyl (C=O) groups is 1. The fourth-order valence-electron chi connectivity index (χ4n) is 2.98. The standard InChI is InChI=1S/C13H26N4O3S/c1-3-15-13(18)12-9-14-6-8-17(12)21(19,20)16-7-4-5-11(2)10-16/h11-12,14H,3-10H2,1-2H3,(H,15,18). The molecular weight excluding hydrogens is 292 g/mol. The number of hydrogen-bond donors (Lipinski definition) is 2. The van der Waals surface area contributed by atoms with E-state index in [0.29, 0.717) is 45.2 Å². The summed E-state index contributed by atoms with van der Waals surface area (Å²) in [5.74, 6) is 0.151. The lowest BCUT2D eigenvalue weighted by molar-refractivity contribution is -0.125. The molecule has 2 N–H and O–H groups in total. The Labute approximate surface area is 127 Å². The van der Waals surface area contributed by atoms with E-state index in [9.17, 15) is 13.2 Å². The second kappa shape index (κ2) is 7.04. The molecule has 0 radical (unpaired) electrons. The highest BCUT2D eigenvalue weighted by Gasteiger charge is 2.40. The Morgan fingerprint density at radius 1 is 1.38 bits per heavy atom. The first-order valence-corrected chi connectivity index (χ1v) is 9.11. The van der Waals surface area contributed by atoms with Gasteiger partial charge >= 0.3 is 0 Å². The van der Waals surface area contributed by atoms with Crippen molar-refractivity contribution in [3.05, 3.63) is 0 Å². The van der Waals surface area contributed by atoms with Gasteiger partial charge in [-0.1, -0.05) is 6.92 Å². The highest BCUT2D eigenvalue weighted by atomic mass is 32.2. The Hall–Kier alpha value is -0.700. The van der Waals surface area contributed by atoms with Crippen molar-refractivity contribution in [2.75, 3.05) is 39.3 Å². The minimum atomic E-state index is -3.56. The second-order valence-corrected chi connectivity index (χ2v) is 7.72. The molecule has 0 aromatic carbocycles. The minimum Gasteiger partial charge on any atom is -0.355 e. The molecule has 2 aliphatic rings. The van der Waals surface area contributed by atoms with Crippen LogP contribution in [0.15, 0.2) is 0 Å². The van der Waals surface area contributed by atoms with E-state index in [1.807, 2.05) is 6.92 Å². The van der Waals surface area contributed by atoms with Crippen LogP contribution in [-0.2, 0) is 15.0 Å². The molecule has 2 unspecified atom stereocenters. The van der Waals surface area contributed by atoms with Crippen LogP contribution in [0, 0.1) is 5.92 Å². The Bertz CT molecular complexity index is 468. The summed E-state index contributed by atoms with van der Waals surface area (Å²) in [5.41, 5.74) is 0. The molecule has 2 aliphatic heterocycles. The summed E-state index contributed by atoms with van der Waals surface area (Å²) in [5, 5.41) is 5.83. The van der Waals surface area contributed by atoms with E-state index < -0.39 is 16.3 Å². The van der Waals surface area contributed by atoms with Crippen molar-refractivity contribution in [3.8, 4) is 0 Å². The van der Waals surface area contributed by atoms with E-state index in [-0.39, 0.29) is 5.91 Å². The minimum absolute atomic E-state index is 0.224. The molecule has 7 nitrogen and oxygen atoms in total. The largest absolute Gasteiger partial charge is 0.355 e. The monoisotopic (exact) mass is 318 g/mol. The summed E-state index contributed by atoms with van der Waals surface area (Å²) in [6.07, 6.45) is 1.95. The van der Waals surface area contributed by atoms with Crippen LogP contribution in [0.3, 0.4) is 0 Å². The molecule has 0 spiro atoms. The quantitative estimate of drug-likeness (QED) is 0.723. The van der Waals surface area contributed by atoms with Crippen molar-refractivity contribution in [2.24, 2.45) is 5.92 Å². The smallest absolute Gasteiger partial charge is 0.282 e. The maximum Gasteiger partial charge on any atom is 0.282 e. The molecular formula is C13H26N4O3S. The summed E-state index contributed by atoms with van der Waals surface area (Å²) in [6, 6.07) is -0.652. The van der Waals surface area contributed by atoms with Crippen molar-refractivity contribution < 1.29 is 13.2 Å². The van der Waals surface area contributed by atoms with Crippen LogP contribution in [-0.4, -0.2) is 68.2 Å². The number of piperidine rings is 1. The van der Waals surface area contributed by atoms with E-state index in [2.05, 4.69) is 17.6 Å². The molecule has 0 aromatic heterocycles. The molecule has 122 valence electrons. The van der Waals surface area contributed by atoms with Gasteiger partial charge in [0.2, 0.25) is 5.91 Å². The van der Waals surface area contributed by atoms with Crippen molar-refractivity contribution in [1.29, 1.82) is 0 Å². The van der Waals surface area contributed by atoms with Gasteiger partial charge in [0.25, 0.3) is 10.2 Å². The highest BCUT2D eigenvalue weighted by molar-refractivity contribution is 7.86. The maximum atomic E-state index is 12.8. The number of likely N-dealkylation sites (N-methyl/N-ethyl adjacent to an activating group) is 1. The maximum absolute atomic E-state index is 12.8. The average Bonchev–Trinajstić information content (AvgIpc) is 2.47. The molecule has 2 saturated heterocycles. The Morgan fingerprint density at radius 2 is 2.14 bits per heavy atom. The molecule has 2 rings (SSSR count). The molecule has 0 bridgehead atoms. The van der Waals surface area contributed by atoms with Gasteiger partial charge in [-0.05, 0) is 25.7 Å². The molecule has 21 heavy (non-hydrogen) atoms. The predicted octanol–water partition coefficient (Wildman–Crippen LogP) is -0.627. The zero-order valence-corrected chi connectivity index (χ0v) is 13.7. The van der Waals surface area contributed by atoms with Crippen LogP contribution in [0.2, 0.25) is 0 Å². The summed E-state index contributed by atoms with van der Waals surface area (Å²) in [6.45, 7) is 6.80. The van der Waals surface area contributed by atoms with Crippen LogP contribution < -0.4 is 10.6 Å². The number of hydrogen-bond acceptors (Lipinski definition) is 4. The van der Waals surface area contributed by atoms with Crippen molar-refractivity contribution in [2.45, 2.75) is 32.7 Å². The first-order chi connectivity index (χ1) is 9.96. The molecule has 2 heterocycles. The van der Waals surface area contributed by atoms with Crippen LogP contribution in [0.25, 0.3) is 0 Å². The third-order valence-corrected chi connectivity index (χ3v) is 6.10. The van der Waals surface area contributed by atoms with Crippen molar-refractivity contribution >= 4 is 16.1 Å². The Balaban J connectivity index is 2.17.